The first-order valence-corrected chi connectivity index (χ1v) is 19.0. The van der Waals surface area contributed by atoms with Gasteiger partial charge in [-0.15, -0.1) is 18.9 Å². The molecule has 22 nitrogen and oxygen atoms in total. The Labute approximate surface area is 316 Å². The number of anilines is 2. The number of hydrogen-bond donors (Lipinski definition) is 6. The van der Waals surface area contributed by atoms with Gasteiger partial charge >= 0.3 is 23.1 Å². The van der Waals surface area contributed by atoms with Crippen LogP contribution in [0.3, 0.4) is 0 Å². The molecule has 2 heterocycles. The van der Waals surface area contributed by atoms with Gasteiger partial charge in [-0.25, -0.2) is 28.3 Å². The number of aromatic carboxylic acids is 1. The zero-order valence-electron chi connectivity index (χ0n) is 26.3. The van der Waals surface area contributed by atoms with Gasteiger partial charge in [-0.1, -0.05) is 16.1 Å². The van der Waals surface area contributed by atoms with Gasteiger partial charge < -0.3 is 15.5 Å². The lowest BCUT2D eigenvalue weighted by atomic mass is 10.1. The molecule has 27 heteroatoms. The fraction of sp³-hybridized carbons (Fsp3) is 0.0741. The van der Waals surface area contributed by atoms with E-state index >= 15 is 0 Å². The highest BCUT2D eigenvalue weighted by molar-refractivity contribution is 7.94. The number of carbonyl (C=O) groups is 1. The molecule has 0 radical (unpaired) electrons. The summed E-state index contributed by atoms with van der Waals surface area (Å²) in [7, 11) is -9.32. The number of azo groups is 1. The molecule has 0 aliphatic heterocycles. The monoisotopic (exact) mass is 846 g/mol. The van der Waals surface area contributed by atoms with E-state index in [0.29, 0.717) is 23.5 Å². The molecule has 0 amide bonds. The minimum Gasteiger partial charge on any atom is -0.505 e. The molecule has 0 aliphatic rings. The Balaban J connectivity index is 1.50. The van der Waals surface area contributed by atoms with E-state index in [1.165, 1.54) is 41.2 Å². The van der Waals surface area contributed by atoms with Crippen LogP contribution in [0.4, 0.5) is 23.0 Å². The van der Waals surface area contributed by atoms with E-state index < -0.39 is 59.5 Å². The summed E-state index contributed by atoms with van der Waals surface area (Å²) in [5.74, 6) is -2.52. The van der Waals surface area contributed by atoms with Gasteiger partial charge in [0.15, 0.2) is 27.9 Å². The van der Waals surface area contributed by atoms with Gasteiger partial charge in [-0.3, -0.25) is 8.74 Å². The van der Waals surface area contributed by atoms with Gasteiger partial charge in [-0.05, 0) is 75.5 Å². The molecule has 2 aromatic heterocycles. The van der Waals surface area contributed by atoms with Crippen molar-refractivity contribution in [3.05, 3.63) is 77.8 Å². The van der Waals surface area contributed by atoms with E-state index in [0.717, 1.165) is 12.1 Å². The fourth-order valence-corrected chi connectivity index (χ4v) is 7.21. The first-order chi connectivity index (χ1) is 25.7. The minimum atomic E-state index is -5.11. The highest BCUT2D eigenvalue weighted by atomic mass is 35.5. The van der Waals surface area contributed by atoms with Crippen LogP contribution >= 0.6 is 36.0 Å². The molecule has 0 aliphatic carbocycles. The quantitative estimate of drug-likeness (QED) is 0.0137. The Hall–Kier alpha value is -4.68. The van der Waals surface area contributed by atoms with E-state index in [1.54, 1.807) is 12.1 Å². The zero-order chi connectivity index (χ0) is 39.0. The maximum atomic E-state index is 12.8. The molecule has 284 valence electrons. The lowest BCUT2D eigenvalue weighted by Gasteiger charge is -2.11. The van der Waals surface area contributed by atoms with Gasteiger partial charge in [0.25, 0.3) is 10.1 Å². The number of carboxylic acids is 1. The largest absolute Gasteiger partial charge is 0.505 e. The number of benzene rings is 3. The lowest BCUT2D eigenvalue weighted by molar-refractivity contribution is -0.603. The lowest BCUT2D eigenvalue weighted by Crippen LogP contribution is -2.34. The Bertz CT molecular complexity index is 2460. The molecule has 5 rings (SSSR count). The maximum Gasteiger partial charge on any atom is 0.444 e. The average Bonchev–Trinajstić information content (AvgIpc) is 3.13. The second kappa shape index (κ2) is 17.6. The number of fused-ring (bicyclic) bond motifs is 1. The number of aromatic nitrogens is 4. The highest BCUT2D eigenvalue weighted by Crippen LogP contribution is 2.45. The third kappa shape index (κ3) is 10.1. The van der Waals surface area contributed by atoms with Crippen molar-refractivity contribution in [1.29, 1.82) is 0 Å². The standard InChI is InChI=1S/C27H20ClN7O15S4/c28-25-30-26(32-27(31-25)35-7-1-2-15(13-35)24(37)38)29-16-4-3-14-10-20(51-49-47-39)22(23(36)18(14)11-16)34-33-19-6-5-17(12-21(19)54(43,44)45)53(41,42)9-8-46-52-50-48-40/h1-7,10-13H,8-9H2,(H5-,29,30,31,32,33,34,36,37,38,39,40,43,44,45)/p+1. The van der Waals surface area contributed by atoms with E-state index in [1.807, 2.05) is 0 Å². The summed E-state index contributed by atoms with van der Waals surface area (Å²) < 4.78 is 74.5. The molecule has 5 aromatic rings. The van der Waals surface area contributed by atoms with Crippen LogP contribution in [0.5, 0.6) is 5.75 Å². The number of halogens is 1. The van der Waals surface area contributed by atoms with Gasteiger partial charge in [0, 0.05) is 11.1 Å². The van der Waals surface area contributed by atoms with Crippen LogP contribution < -0.4 is 9.88 Å². The van der Waals surface area contributed by atoms with E-state index in [2.05, 4.69) is 49.2 Å². The van der Waals surface area contributed by atoms with Gasteiger partial charge in [-0.2, -0.15) is 13.4 Å². The van der Waals surface area contributed by atoms with Gasteiger partial charge in [0.2, 0.25) is 0 Å². The summed E-state index contributed by atoms with van der Waals surface area (Å²) in [5.41, 5.74) is -0.661. The van der Waals surface area contributed by atoms with Crippen molar-refractivity contribution in [2.75, 3.05) is 17.7 Å². The number of hydrogen-bond acceptors (Lipinski definition) is 21. The molecule has 0 saturated carbocycles. The van der Waals surface area contributed by atoms with Crippen LogP contribution in [-0.2, 0) is 42.9 Å². The molecule has 3 aromatic carbocycles. The number of carboxylic acid groups (broad SMARTS) is 1. The van der Waals surface area contributed by atoms with Crippen molar-refractivity contribution in [2.24, 2.45) is 10.2 Å². The molecule has 54 heavy (non-hydrogen) atoms. The van der Waals surface area contributed by atoms with Crippen molar-refractivity contribution in [3.8, 4) is 11.7 Å². The molecular formula is C27H21ClN7O15S4+. The number of nitrogens with one attached hydrogen (secondary N) is 1. The highest BCUT2D eigenvalue weighted by Gasteiger charge is 2.24. The summed E-state index contributed by atoms with van der Waals surface area (Å²) in [6.07, 6.45) is 2.76. The van der Waals surface area contributed by atoms with Crippen LogP contribution in [0.1, 0.15) is 10.4 Å². The van der Waals surface area contributed by atoms with Gasteiger partial charge in [0.05, 0.1) is 52.2 Å². The Morgan fingerprint density at radius 2 is 1.76 bits per heavy atom. The van der Waals surface area contributed by atoms with Gasteiger partial charge in [0.1, 0.15) is 16.3 Å². The predicted molar refractivity (Wildman–Crippen MR) is 184 cm³/mol. The number of rotatable bonds is 17. The first kappa shape index (κ1) is 40.5. The second-order valence-corrected chi connectivity index (χ2v) is 15.1. The first-order valence-electron chi connectivity index (χ1n) is 14.1. The molecule has 0 saturated heterocycles. The summed E-state index contributed by atoms with van der Waals surface area (Å²) in [4.78, 5) is 22.2. The normalized spacial score (nSPS) is 12.1. The van der Waals surface area contributed by atoms with E-state index in [9.17, 15) is 36.4 Å². The van der Waals surface area contributed by atoms with Crippen molar-refractivity contribution in [3.63, 3.8) is 0 Å². The predicted octanol–water partition coefficient (Wildman–Crippen LogP) is 4.97. The number of phenols is 1. The topological polar surface area (TPSA) is 312 Å². The molecule has 0 atom stereocenters. The van der Waals surface area contributed by atoms with Crippen molar-refractivity contribution >= 4 is 95.7 Å². The second-order valence-electron chi connectivity index (χ2n) is 10.0. The van der Waals surface area contributed by atoms with Crippen LogP contribution in [0.15, 0.2) is 91.9 Å². The number of sulfone groups is 1. The van der Waals surface area contributed by atoms with Crippen LogP contribution in [0.2, 0.25) is 5.28 Å². The number of nitrogens with zero attached hydrogens (tertiary/aromatic N) is 6. The molecule has 0 bridgehead atoms. The molecule has 0 fully saturated rings. The van der Waals surface area contributed by atoms with Crippen LogP contribution in [0.25, 0.3) is 16.7 Å². The smallest absolute Gasteiger partial charge is 0.444 e. The third-order valence-corrected chi connectivity index (χ3v) is 10.4. The van der Waals surface area contributed by atoms with Crippen molar-refractivity contribution in [1.82, 2.24) is 15.0 Å². The van der Waals surface area contributed by atoms with E-state index in [-0.39, 0.29) is 56.7 Å². The number of phenolic OH excluding ortho intramolecular Hbond substituents is 1. The minimum absolute atomic E-state index is 0.0194. The molecule has 6 N–H and O–H groups in total. The van der Waals surface area contributed by atoms with E-state index in [4.69, 9.17) is 26.3 Å². The average molecular weight is 847 g/mol. The third-order valence-electron chi connectivity index (χ3n) is 6.71. The SMILES string of the molecule is O=C(O)c1ccc[n+](-c2nc(Cl)nc(Nc3ccc4cc(SOOO)c(N=Nc5ccc(S(=O)(=O)CCOSOOO)cc5S(=O)(=O)O)c(O)c4c3)n2)c1. The van der Waals surface area contributed by atoms with Crippen molar-refractivity contribution < 1.29 is 74.4 Å². The van der Waals surface area contributed by atoms with Crippen LogP contribution in [0, 0.1) is 0 Å². The van der Waals surface area contributed by atoms with Crippen LogP contribution in [-0.4, -0.2) is 75.4 Å². The number of pyridine rings is 1. The Kier molecular flexibility index (Phi) is 13.2. The summed E-state index contributed by atoms with van der Waals surface area (Å²) in [6.45, 7) is -0.482. The molecular weight excluding hydrogens is 826 g/mol. The summed E-state index contributed by atoms with van der Waals surface area (Å²) in [5, 5.41) is 55.4. The Morgan fingerprint density at radius 1 is 0.981 bits per heavy atom. The molecule has 0 spiro atoms. The molecule has 0 unspecified atom stereocenters. The zero-order valence-corrected chi connectivity index (χ0v) is 30.3. The summed E-state index contributed by atoms with van der Waals surface area (Å²) in [6, 6.07) is 11.4. The summed E-state index contributed by atoms with van der Waals surface area (Å²) >= 11 is 6.62. The Morgan fingerprint density at radius 3 is 2.48 bits per heavy atom. The fourth-order valence-electron chi connectivity index (χ4n) is 4.41. The maximum absolute atomic E-state index is 12.8. The number of aromatic hydroxyl groups is 1. The van der Waals surface area contributed by atoms with Crippen molar-refractivity contribution in [2.45, 2.75) is 14.7 Å².